The van der Waals surface area contributed by atoms with Gasteiger partial charge in [-0.1, -0.05) is 57.4 Å². The van der Waals surface area contributed by atoms with Crippen LogP contribution in [0.25, 0.3) is 0 Å². The highest BCUT2D eigenvalue weighted by Crippen LogP contribution is 2.18. The Balaban J connectivity index is 3.01. The molecular weight excluding hydrogens is 234 g/mol. The fraction of sp³-hybridized carbons (Fsp3) is 0.857. The number of rotatable bonds is 12. The van der Waals surface area contributed by atoms with Crippen LogP contribution < -0.4 is 0 Å². The second kappa shape index (κ2) is 10.9. The van der Waals surface area contributed by atoms with Gasteiger partial charge in [-0.25, -0.2) is 0 Å². The maximum atomic E-state index is 12.6. The Kier molecular flexibility index (Phi) is 10.8. The second-order valence-electron chi connectivity index (χ2n) is 5.08. The van der Waals surface area contributed by atoms with E-state index in [1.54, 1.807) is 0 Å². The number of hydrogen-bond donors (Lipinski definition) is 0. The summed E-state index contributed by atoms with van der Waals surface area (Å²) in [7, 11) is -3.76. The van der Waals surface area contributed by atoms with Gasteiger partial charge in [0.2, 0.25) is 0 Å². The highest BCUT2D eigenvalue weighted by molar-refractivity contribution is 6.64. The number of hydrogen-bond acceptors (Lipinski definition) is 0. The summed E-state index contributed by atoms with van der Waals surface area (Å²) in [6.45, 7) is 4.85. The van der Waals surface area contributed by atoms with Crippen molar-refractivity contribution in [3.05, 3.63) is 12.7 Å². The summed E-state index contributed by atoms with van der Waals surface area (Å²) in [6.07, 6.45) is 13.6. The molecule has 0 aromatic heterocycles. The third-order valence-corrected chi connectivity index (χ3v) is 4.26. The molecule has 0 fully saturated rings. The Morgan fingerprint density at radius 1 is 0.824 bits per heavy atom. The molecule has 0 radical (unpaired) electrons. The molecule has 0 heterocycles. The van der Waals surface area contributed by atoms with Crippen LogP contribution in [0, 0.1) is 0 Å². The molecule has 0 aromatic rings. The average Bonchev–Trinajstić information content (AvgIpc) is 2.24. The molecule has 17 heavy (non-hydrogen) atoms. The van der Waals surface area contributed by atoms with Gasteiger partial charge < -0.3 is 0 Å². The van der Waals surface area contributed by atoms with Crippen LogP contribution >= 0.6 is 0 Å². The summed E-state index contributed by atoms with van der Waals surface area (Å²) in [4.78, 5) is 0. The quantitative estimate of drug-likeness (QED) is 0.173. The van der Waals surface area contributed by atoms with Gasteiger partial charge in [0.25, 0.3) is 0 Å². The summed E-state index contributed by atoms with van der Waals surface area (Å²) >= 11 is 0. The fourth-order valence-corrected chi connectivity index (χ4v) is 2.83. The van der Waals surface area contributed by atoms with Gasteiger partial charge in [-0.2, -0.15) is 0 Å². The lowest BCUT2D eigenvalue weighted by molar-refractivity contribution is 0.551. The number of unbranched alkanes of at least 4 members (excludes halogenated alkanes) is 9. The summed E-state index contributed by atoms with van der Waals surface area (Å²) in [6, 6.07) is 0.189. The molecule has 0 bridgehead atoms. The second-order valence-corrected chi connectivity index (χ2v) is 7.72. The van der Waals surface area contributed by atoms with Crippen molar-refractivity contribution in [1.82, 2.24) is 0 Å². The molecule has 0 rings (SSSR count). The van der Waals surface area contributed by atoms with Crippen LogP contribution in [0.5, 0.6) is 0 Å². The predicted molar refractivity (Wildman–Crippen MR) is 75.0 cm³/mol. The molecule has 0 atom stereocenters. The molecule has 0 saturated carbocycles. The molecule has 0 aliphatic rings. The molecule has 0 saturated heterocycles. The Morgan fingerprint density at radius 3 is 1.65 bits per heavy atom. The normalized spacial score (nSPS) is 11.7. The van der Waals surface area contributed by atoms with Crippen molar-refractivity contribution in [3.8, 4) is 0 Å². The zero-order valence-electron chi connectivity index (χ0n) is 11.3. The van der Waals surface area contributed by atoms with Gasteiger partial charge in [-0.05, 0) is 25.4 Å². The highest BCUT2D eigenvalue weighted by atomic mass is 28.4. The molecule has 0 aliphatic heterocycles. The first-order chi connectivity index (χ1) is 8.06. The summed E-state index contributed by atoms with van der Waals surface area (Å²) in [5, 5.41) is 0. The number of halogens is 2. The van der Waals surface area contributed by atoms with Crippen molar-refractivity contribution >= 4 is 8.74 Å². The zero-order chi connectivity index (χ0) is 13.0. The first kappa shape index (κ1) is 16.8. The van der Waals surface area contributed by atoms with Gasteiger partial charge in [0.15, 0.2) is 0 Å². The van der Waals surface area contributed by atoms with E-state index < -0.39 is 8.74 Å². The highest BCUT2D eigenvalue weighted by Gasteiger charge is 2.26. The van der Waals surface area contributed by atoms with Crippen LogP contribution in [0.1, 0.15) is 64.2 Å². The fourth-order valence-electron chi connectivity index (χ4n) is 1.96. The van der Waals surface area contributed by atoms with Crippen LogP contribution in [0.15, 0.2) is 12.7 Å². The lowest BCUT2D eigenvalue weighted by atomic mass is 10.1. The van der Waals surface area contributed by atoms with Crippen molar-refractivity contribution in [2.75, 3.05) is 0 Å². The van der Waals surface area contributed by atoms with Crippen LogP contribution in [-0.4, -0.2) is 8.74 Å². The predicted octanol–water partition coefficient (Wildman–Crippen LogP) is 6.08. The van der Waals surface area contributed by atoms with Crippen molar-refractivity contribution in [2.45, 2.75) is 76.8 Å². The SMILES string of the molecule is C=CCCCCCCCCCCC[Si](C)(F)F. The largest absolute Gasteiger partial charge is 0.422 e. The first-order valence-corrected chi connectivity index (χ1v) is 9.51. The maximum Gasteiger partial charge on any atom is 0.422 e. The molecule has 0 amide bonds. The summed E-state index contributed by atoms with van der Waals surface area (Å²) in [5.74, 6) is 0. The lowest BCUT2D eigenvalue weighted by Gasteiger charge is -2.06. The summed E-state index contributed by atoms with van der Waals surface area (Å²) in [5.41, 5.74) is 0. The molecule has 0 spiro atoms. The summed E-state index contributed by atoms with van der Waals surface area (Å²) < 4.78 is 25.3. The van der Waals surface area contributed by atoms with E-state index in [0.29, 0.717) is 0 Å². The molecule has 0 unspecified atom stereocenters. The van der Waals surface area contributed by atoms with Gasteiger partial charge >= 0.3 is 8.74 Å². The van der Waals surface area contributed by atoms with E-state index in [2.05, 4.69) is 6.58 Å². The Labute approximate surface area is 107 Å². The first-order valence-electron chi connectivity index (χ1n) is 7.05. The van der Waals surface area contributed by atoms with Crippen molar-refractivity contribution < 1.29 is 8.22 Å². The minimum absolute atomic E-state index is 0.189. The van der Waals surface area contributed by atoms with Gasteiger partial charge in [-0.15, -0.1) is 6.58 Å². The third-order valence-electron chi connectivity index (χ3n) is 3.02. The van der Waals surface area contributed by atoms with Gasteiger partial charge in [-0.3, -0.25) is 8.22 Å². The minimum Gasteiger partial charge on any atom is -0.271 e. The minimum atomic E-state index is -3.76. The number of allylic oxidation sites excluding steroid dienone is 1. The van der Waals surface area contributed by atoms with E-state index in [4.69, 9.17) is 0 Å². The van der Waals surface area contributed by atoms with Gasteiger partial charge in [0.05, 0.1) is 0 Å². The van der Waals surface area contributed by atoms with E-state index in [0.717, 1.165) is 32.2 Å². The molecule has 0 nitrogen and oxygen atoms in total. The van der Waals surface area contributed by atoms with Crippen LogP contribution in [-0.2, 0) is 0 Å². The van der Waals surface area contributed by atoms with E-state index in [1.807, 2.05) is 6.08 Å². The molecule has 0 N–H and O–H groups in total. The molecule has 3 heteroatoms. The molecular formula is C14H28F2Si. The lowest BCUT2D eigenvalue weighted by Crippen LogP contribution is -2.15. The van der Waals surface area contributed by atoms with Crippen LogP contribution in [0.4, 0.5) is 8.22 Å². The van der Waals surface area contributed by atoms with Gasteiger partial charge in [0, 0.05) is 0 Å². The Morgan fingerprint density at radius 2 is 1.24 bits per heavy atom. The van der Waals surface area contributed by atoms with Crippen molar-refractivity contribution in [1.29, 1.82) is 0 Å². The molecule has 0 aromatic carbocycles. The Bertz CT molecular complexity index is 176. The van der Waals surface area contributed by atoms with E-state index in [-0.39, 0.29) is 6.04 Å². The van der Waals surface area contributed by atoms with Crippen LogP contribution in [0.3, 0.4) is 0 Å². The molecule has 0 aliphatic carbocycles. The average molecular weight is 262 g/mol. The van der Waals surface area contributed by atoms with Crippen molar-refractivity contribution in [3.63, 3.8) is 0 Å². The van der Waals surface area contributed by atoms with E-state index in [1.165, 1.54) is 38.5 Å². The standard InChI is InChI=1S/C14H28F2Si/c1-3-4-5-6-7-8-9-10-11-12-13-14-17(2,15)16/h3H,1,4-14H2,2H3. The van der Waals surface area contributed by atoms with E-state index in [9.17, 15) is 8.22 Å². The smallest absolute Gasteiger partial charge is 0.271 e. The maximum absolute atomic E-state index is 12.6. The zero-order valence-corrected chi connectivity index (χ0v) is 12.3. The Hall–Kier alpha value is -0.183. The monoisotopic (exact) mass is 262 g/mol. The van der Waals surface area contributed by atoms with E-state index >= 15 is 0 Å². The van der Waals surface area contributed by atoms with Gasteiger partial charge in [0.1, 0.15) is 0 Å². The molecule has 102 valence electrons. The topological polar surface area (TPSA) is 0 Å². The van der Waals surface area contributed by atoms with Crippen molar-refractivity contribution in [2.24, 2.45) is 0 Å². The van der Waals surface area contributed by atoms with Crippen LogP contribution in [0.2, 0.25) is 12.6 Å². The third kappa shape index (κ3) is 15.8.